The zero-order chi connectivity index (χ0) is 27.0. The van der Waals surface area contributed by atoms with E-state index in [2.05, 4.69) is 5.32 Å². The second-order valence-electron chi connectivity index (χ2n) is 9.80. The SMILES string of the molecule is CC(C)CN(C[C@@H](O)[C@H](Cc1ccccc1)NC(=O)[C@@H]1COCCN1C)S(=O)(=O)c1ccc(NO)cc1. The molecule has 1 saturated heterocycles. The summed E-state index contributed by atoms with van der Waals surface area (Å²) in [5.74, 6) is -0.275. The van der Waals surface area contributed by atoms with Crippen molar-refractivity contribution >= 4 is 21.6 Å². The number of carbonyl (C=O) groups excluding carboxylic acids is 1. The topological polar surface area (TPSA) is 131 Å². The van der Waals surface area contributed by atoms with E-state index in [1.807, 2.05) is 61.6 Å². The van der Waals surface area contributed by atoms with Crippen molar-refractivity contribution in [3.05, 3.63) is 60.2 Å². The Morgan fingerprint density at radius 3 is 2.41 bits per heavy atom. The number of nitrogens with zero attached hydrogens (tertiary/aromatic N) is 2. The Hall–Kier alpha value is -2.54. The van der Waals surface area contributed by atoms with Crippen LogP contribution in [0.25, 0.3) is 0 Å². The third-order valence-electron chi connectivity index (χ3n) is 6.37. The zero-order valence-corrected chi connectivity index (χ0v) is 22.4. The molecule has 0 unspecified atom stereocenters. The minimum Gasteiger partial charge on any atom is -0.390 e. The van der Waals surface area contributed by atoms with E-state index in [0.29, 0.717) is 25.3 Å². The van der Waals surface area contributed by atoms with Crippen LogP contribution in [0.2, 0.25) is 0 Å². The summed E-state index contributed by atoms with van der Waals surface area (Å²) < 4.78 is 33.8. The number of likely N-dealkylation sites (N-methyl/N-ethyl adjacent to an activating group) is 1. The van der Waals surface area contributed by atoms with Crippen molar-refractivity contribution in [3.8, 4) is 0 Å². The van der Waals surface area contributed by atoms with Crippen LogP contribution in [-0.2, 0) is 26.0 Å². The molecule has 3 atom stereocenters. The molecule has 11 heteroatoms. The third-order valence-corrected chi connectivity index (χ3v) is 8.22. The number of aliphatic hydroxyl groups is 1. The predicted octanol–water partition coefficient (Wildman–Crippen LogP) is 1.55. The monoisotopic (exact) mass is 534 g/mol. The van der Waals surface area contributed by atoms with Gasteiger partial charge < -0.3 is 15.2 Å². The molecule has 0 aliphatic carbocycles. The van der Waals surface area contributed by atoms with Crippen LogP contribution >= 0.6 is 0 Å². The number of nitrogens with one attached hydrogen (secondary N) is 2. The molecule has 1 amide bonds. The molecule has 1 aliphatic heterocycles. The Kier molecular flexibility index (Phi) is 10.4. The van der Waals surface area contributed by atoms with Crippen molar-refractivity contribution in [1.82, 2.24) is 14.5 Å². The number of benzene rings is 2. The summed E-state index contributed by atoms with van der Waals surface area (Å²) in [5.41, 5.74) is 3.25. The molecular formula is C26H38N4O6S. The number of aliphatic hydroxyl groups excluding tert-OH is 1. The van der Waals surface area contributed by atoms with Crippen molar-refractivity contribution in [2.45, 2.75) is 43.4 Å². The lowest BCUT2D eigenvalue weighted by Crippen LogP contribution is -2.57. The maximum absolute atomic E-state index is 13.5. The summed E-state index contributed by atoms with van der Waals surface area (Å²) in [5, 5.41) is 23.4. The number of amides is 1. The number of anilines is 1. The van der Waals surface area contributed by atoms with Gasteiger partial charge in [-0.1, -0.05) is 44.2 Å². The lowest BCUT2D eigenvalue weighted by molar-refractivity contribution is -0.133. The predicted molar refractivity (Wildman–Crippen MR) is 141 cm³/mol. The molecule has 4 N–H and O–H groups in total. The van der Waals surface area contributed by atoms with E-state index in [1.165, 1.54) is 28.6 Å². The van der Waals surface area contributed by atoms with Gasteiger partial charge in [-0.3, -0.25) is 20.4 Å². The number of sulfonamides is 1. The first-order chi connectivity index (χ1) is 17.6. The van der Waals surface area contributed by atoms with Crippen LogP contribution in [0.3, 0.4) is 0 Å². The molecule has 2 aromatic carbocycles. The van der Waals surface area contributed by atoms with Crippen LogP contribution in [-0.4, -0.2) is 91.9 Å². The number of hydrogen-bond acceptors (Lipinski definition) is 8. The lowest BCUT2D eigenvalue weighted by atomic mass is 10.00. The van der Waals surface area contributed by atoms with Gasteiger partial charge >= 0.3 is 0 Å². The number of hydrogen-bond donors (Lipinski definition) is 4. The van der Waals surface area contributed by atoms with Crippen molar-refractivity contribution < 1.29 is 28.3 Å². The molecule has 0 spiro atoms. The second kappa shape index (κ2) is 13.3. The van der Waals surface area contributed by atoms with Crippen LogP contribution in [0.15, 0.2) is 59.5 Å². The molecule has 204 valence electrons. The standard InChI is InChI=1S/C26H38N4O6S/c1-19(2)16-30(37(34,35)22-11-9-21(28-33)10-12-22)17-25(31)23(15-20-7-5-4-6-8-20)27-26(32)24-18-36-14-13-29(24)3/h4-12,19,23-25,28,31,33H,13-18H2,1-3H3,(H,27,32)/t23-,24-,25+/m0/s1. The molecule has 0 radical (unpaired) electrons. The molecule has 1 aliphatic rings. The van der Waals surface area contributed by atoms with Gasteiger partial charge in [-0.2, -0.15) is 4.31 Å². The van der Waals surface area contributed by atoms with Gasteiger partial charge in [-0.25, -0.2) is 8.42 Å². The Balaban J connectivity index is 1.84. The van der Waals surface area contributed by atoms with E-state index in [1.54, 1.807) is 0 Å². The van der Waals surface area contributed by atoms with Crippen molar-refractivity contribution in [3.63, 3.8) is 0 Å². The smallest absolute Gasteiger partial charge is 0.243 e. The molecule has 3 rings (SSSR count). The van der Waals surface area contributed by atoms with Gasteiger partial charge in [0, 0.05) is 19.6 Å². The Morgan fingerprint density at radius 1 is 1.14 bits per heavy atom. The van der Waals surface area contributed by atoms with E-state index in [9.17, 15) is 18.3 Å². The van der Waals surface area contributed by atoms with E-state index in [-0.39, 0.29) is 36.4 Å². The minimum atomic E-state index is -3.96. The van der Waals surface area contributed by atoms with E-state index in [0.717, 1.165) is 5.56 Å². The summed E-state index contributed by atoms with van der Waals surface area (Å²) >= 11 is 0. The van der Waals surface area contributed by atoms with Crippen LogP contribution in [0.1, 0.15) is 19.4 Å². The quantitative estimate of drug-likeness (QED) is 0.302. The van der Waals surface area contributed by atoms with Gasteiger partial charge in [0.05, 0.1) is 35.9 Å². The highest BCUT2D eigenvalue weighted by Crippen LogP contribution is 2.21. The van der Waals surface area contributed by atoms with E-state index >= 15 is 0 Å². The summed E-state index contributed by atoms with van der Waals surface area (Å²) in [4.78, 5) is 15.1. The first-order valence-corrected chi connectivity index (χ1v) is 13.9. The maximum Gasteiger partial charge on any atom is 0.243 e. The van der Waals surface area contributed by atoms with E-state index in [4.69, 9.17) is 9.94 Å². The summed E-state index contributed by atoms with van der Waals surface area (Å²) in [6.45, 7) is 5.21. The lowest BCUT2D eigenvalue weighted by Gasteiger charge is -2.34. The summed E-state index contributed by atoms with van der Waals surface area (Å²) in [7, 11) is -2.11. The Labute approximate surface area is 219 Å². The molecule has 0 bridgehead atoms. The van der Waals surface area contributed by atoms with Gasteiger partial charge in [-0.05, 0) is 49.2 Å². The van der Waals surface area contributed by atoms with Crippen LogP contribution in [0, 0.1) is 5.92 Å². The van der Waals surface area contributed by atoms with Crippen molar-refractivity contribution in [2.24, 2.45) is 5.92 Å². The third kappa shape index (κ3) is 7.97. The summed E-state index contributed by atoms with van der Waals surface area (Å²) in [6.07, 6.45) is -0.844. The molecule has 0 saturated carbocycles. The molecule has 1 fully saturated rings. The highest BCUT2D eigenvalue weighted by atomic mass is 32.2. The maximum atomic E-state index is 13.5. The average molecular weight is 535 g/mol. The first-order valence-electron chi connectivity index (χ1n) is 12.4. The molecule has 10 nitrogen and oxygen atoms in total. The van der Waals surface area contributed by atoms with Gasteiger partial charge in [0.15, 0.2) is 0 Å². The fourth-order valence-corrected chi connectivity index (χ4v) is 5.88. The highest BCUT2D eigenvalue weighted by molar-refractivity contribution is 7.89. The fraction of sp³-hybridized carbons (Fsp3) is 0.500. The van der Waals surface area contributed by atoms with Gasteiger partial charge in [-0.15, -0.1) is 0 Å². The van der Waals surface area contributed by atoms with E-state index < -0.39 is 28.2 Å². The van der Waals surface area contributed by atoms with Crippen LogP contribution in [0.4, 0.5) is 5.69 Å². The fourth-order valence-electron chi connectivity index (χ4n) is 4.26. The minimum absolute atomic E-state index is 0.00411. The highest BCUT2D eigenvalue weighted by Gasteiger charge is 2.34. The number of ether oxygens (including phenoxy) is 1. The number of carbonyl (C=O) groups is 1. The second-order valence-corrected chi connectivity index (χ2v) is 11.7. The van der Waals surface area contributed by atoms with Crippen molar-refractivity contribution in [1.29, 1.82) is 0 Å². The molecular weight excluding hydrogens is 496 g/mol. The van der Waals surface area contributed by atoms with Crippen molar-refractivity contribution in [2.75, 3.05) is 45.4 Å². The van der Waals surface area contributed by atoms with Gasteiger partial charge in [0.25, 0.3) is 0 Å². The first kappa shape index (κ1) is 29.0. The largest absolute Gasteiger partial charge is 0.390 e. The summed E-state index contributed by atoms with van der Waals surface area (Å²) in [6, 6.07) is 13.9. The van der Waals surface area contributed by atoms with Gasteiger partial charge in [0.1, 0.15) is 6.04 Å². The zero-order valence-electron chi connectivity index (χ0n) is 21.6. The molecule has 1 heterocycles. The van der Waals surface area contributed by atoms with Crippen LogP contribution < -0.4 is 10.8 Å². The van der Waals surface area contributed by atoms with Crippen LogP contribution in [0.5, 0.6) is 0 Å². The number of morpholine rings is 1. The number of rotatable bonds is 12. The van der Waals surface area contributed by atoms with Gasteiger partial charge in [0.2, 0.25) is 15.9 Å². The Morgan fingerprint density at radius 2 is 1.81 bits per heavy atom. The Bertz CT molecular complexity index is 1100. The normalized spacial score (nSPS) is 18.5. The molecule has 37 heavy (non-hydrogen) atoms. The molecule has 0 aromatic heterocycles. The average Bonchev–Trinajstić information content (AvgIpc) is 2.88. The molecule has 2 aromatic rings.